The van der Waals surface area contributed by atoms with Crippen molar-refractivity contribution in [3.05, 3.63) is 23.3 Å². The Balaban J connectivity index is 1.86. The van der Waals surface area contributed by atoms with Gasteiger partial charge in [0.1, 0.15) is 6.10 Å². The second-order valence-electron chi connectivity index (χ2n) is 7.29. The van der Waals surface area contributed by atoms with Gasteiger partial charge >= 0.3 is 0 Å². The van der Waals surface area contributed by atoms with Crippen molar-refractivity contribution in [3.63, 3.8) is 0 Å². The summed E-state index contributed by atoms with van der Waals surface area (Å²) in [6.07, 6.45) is 4.62. The molecule has 2 aliphatic heterocycles. The number of hydrogen-bond acceptors (Lipinski definition) is 4. The van der Waals surface area contributed by atoms with E-state index in [2.05, 4.69) is 11.9 Å². The highest BCUT2D eigenvalue weighted by Crippen LogP contribution is 2.65. The molecule has 2 unspecified atom stereocenters. The predicted molar refractivity (Wildman–Crippen MR) is 77.7 cm³/mol. The van der Waals surface area contributed by atoms with E-state index >= 15 is 0 Å². The molecule has 4 nitrogen and oxygen atoms in total. The summed E-state index contributed by atoms with van der Waals surface area (Å²) in [5.74, 6) is 0.887. The summed E-state index contributed by atoms with van der Waals surface area (Å²) >= 11 is 0. The standard InChI is InChI=1S/C17H21NO3/c1-18-8-7-16-13-3-2-6-17(16,20)12(18)9-10-4-5-11(19)15(21-13)14(10)16/h4-5,12-13,19-20H,2-3,6-9H2,1H3/t12?,13-,16?,17+/m0/s1. The Morgan fingerprint density at radius 1 is 1.33 bits per heavy atom. The van der Waals surface area contributed by atoms with E-state index in [1.165, 1.54) is 5.56 Å². The van der Waals surface area contributed by atoms with Crippen LogP contribution in [0.3, 0.4) is 0 Å². The highest BCUT2D eigenvalue weighted by atomic mass is 16.5. The number of phenols is 1. The normalized spacial score (nSPS) is 43.3. The average Bonchev–Trinajstić information content (AvgIpc) is 2.80. The van der Waals surface area contributed by atoms with E-state index in [0.29, 0.717) is 5.75 Å². The monoisotopic (exact) mass is 287 g/mol. The highest BCUT2D eigenvalue weighted by Gasteiger charge is 2.70. The molecule has 1 aromatic rings. The van der Waals surface area contributed by atoms with Crippen molar-refractivity contribution >= 4 is 0 Å². The molecule has 112 valence electrons. The molecule has 0 radical (unpaired) electrons. The van der Waals surface area contributed by atoms with Crippen molar-refractivity contribution in [2.45, 2.75) is 55.3 Å². The molecule has 2 heterocycles. The third-order valence-corrected chi connectivity index (χ3v) is 6.63. The van der Waals surface area contributed by atoms with Crippen LogP contribution in [0, 0.1) is 0 Å². The van der Waals surface area contributed by atoms with E-state index in [1.807, 2.05) is 6.07 Å². The third kappa shape index (κ3) is 1.14. The molecule has 21 heavy (non-hydrogen) atoms. The van der Waals surface area contributed by atoms with Crippen LogP contribution in [0.4, 0.5) is 0 Å². The molecule has 4 heteroatoms. The van der Waals surface area contributed by atoms with Gasteiger partial charge in [-0.3, -0.25) is 0 Å². The van der Waals surface area contributed by atoms with E-state index < -0.39 is 5.60 Å². The predicted octanol–water partition coefficient (Wildman–Crippen LogP) is 1.57. The molecule has 0 aromatic heterocycles. The molecule has 1 spiro atoms. The number of aromatic hydroxyl groups is 1. The van der Waals surface area contributed by atoms with Crippen molar-refractivity contribution in [2.24, 2.45) is 0 Å². The second kappa shape index (κ2) is 3.55. The number of rotatable bonds is 0. The average molecular weight is 287 g/mol. The summed E-state index contributed by atoms with van der Waals surface area (Å²) < 4.78 is 6.18. The number of likely N-dealkylation sites (N-methyl/N-ethyl adjacent to an activating group) is 1. The van der Waals surface area contributed by atoms with Crippen LogP contribution in [0.5, 0.6) is 11.5 Å². The first-order chi connectivity index (χ1) is 10.1. The molecule has 2 bridgehead atoms. The summed E-state index contributed by atoms with van der Waals surface area (Å²) in [7, 11) is 2.13. The van der Waals surface area contributed by atoms with Crippen LogP contribution < -0.4 is 4.74 Å². The molecule has 1 aromatic carbocycles. The molecule has 1 saturated carbocycles. The van der Waals surface area contributed by atoms with Gasteiger partial charge in [-0.15, -0.1) is 0 Å². The van der Waals surface area contributed by atoms with Crippen LogP contribution in [0.15, 0.2) is 12.1 Å². The lowest BCUT2D eigenvalue weighted by Gasteiger charge is -2.62. The Labute approximate surface area is 124 Å². The number of ether oxygens (including phenoxy) is 1. The fourth-order valence-corrected chi connectivity index (χ4v) is 5.75. The van der Waals surface area contributed by atoms with Crippen LogP contribution in [0.2, 0.25) is 0 Å². The maximum Gasteiger partial charge on any atom is 0.165 e. The quantitative estimate of drug-likeness (QED) is 0.760. The maximum atomic E-state index is 11.7. The molecule has 1 saturated heterocycles. The van der Waals surface area contributed by atoms with E-state index in [1.54, 1.807) is 6.07 Å². The van der Waals surface area contributed by atoms with Crippen LogP contribution in [-0.4, -0.2) is 46.5 Å². The summed E-state index contributed by atoms with van der Waals surface area (Å²) in [5.41, 5.74) is 1.37. The topological polar surface area (TPSA) is 52.9 Å². The molecule has 4 aliphatic rings. The molecule has 4 atom stereocenters. The molecular formula is C17H21NO3. The van der Waals surface area contributed by atoms with Crippen LogP contribution >= 0.6 is 0 Å². The van der Waals surface area contributed by atoms with Crippen LogP contribution in [0.25, 0.3) is 0 Å². The number of likely N-dealkylation sites (tertiary alicyclic amines) is 1. The van der Waals surface area contributed by atoms with Crippen molar-refractivity contribution in [2.75, 3.05) is 13.6 Å². The lowest BCUT2D eigenvalue weighted by Crippen LogP contribution is -2.74. The van der Waals surface area contributed by atoms with Gasteiger partial charge in [0.2, 0.25) is 0 Å². The Kier molecular flexibility index (Phi) is 2.08. The van der Waals surface area contributed by atoms with Gasteiger partial charge in [0.25, 0.3) is 0 Å². The Bertz CT molecular complexity index is 645. The molecule has 0 amide bonds. The van der Waals surface area contributed by atoms with Crippen molar-refractivity contribution in [3.8, 4) is 11.5 Å². The van der Waals surface area contributed by atoms with Gasteiger partial charge in [-0.1, -0.05) is 6.07 Å². The van der Waals surface area contributed by atoms with E-state index in [-0.39, 0.29) is 23.3 Å². The van der Waals surface area contributed by atoms with Crippen LogP contribution in [-0.2, 0) is 11.8 Å². The molecular weight excluding hydrogens is 266 g/mol. The third-order valence-electron chi connectivity index (χ3n) is 6.63. The largest absolute Gasteiger partial charge is 0.504 e. The minimum absolute atomic E-state index is 0.0230. The summed E-state index contributed by atoms with van der Waals surface area (Å²) in [5, 5.41) is 21.9. The fraction of sp³-hybridized carbons (Fsp3) is 0.647. The van der Waals surface area contributed by atoms with Gasteiger partial charge in [0, 0.05) is 11.6 Å². The zero-order valence-corrected chi connectivity index (χ0v) is 12.3. The van der Waals surface area contributed by atoms with Crippen molar-refractivity contribution < 1.29 is 14.9 Å². The van der Waals surface area contributed by atoms with E-state index in [0.717, 1.165) is 44.2 Å². The van der Waals surface area contributed by atoms with Gasteiger partial charge in [-0.25, -0.2) is 0 Å². The molecule has 2 aliphatic carbocycles. The molecule has 5 rings (SSSR count). The Morgan fingerprint density at radius 2 is 2.19 bits per heavy atom. The Morgan fingerprint density at radius 3 is 3.05 bits per heavy atom. The maximum absolute atomic E-state index is 11.7. The minimum Gasteiger partial charge on any atom is -0.504 e. The minimum atomic E-state index is -0.713. The van der Waals surface area contributed by atoms with Gasteiger partial charge in [-0.2, -0.15) is 0 Å². The zero-order chi connectivity index (χ0) is 14.4. The fourth-order valence-electron chi connectivity index (χ4n) is 5.75. The number of piperidine rings is 1. The highest BCUT2D eigenvalue weighted by molar-refractivity contribution is 5.62. The number of phenolic OH excluding ortho intramolecular Hbond substituents is 1. The van der Waals surface area contributed by atoms with Crippen molar-refractivity contribution in [1.82, 2.24) is 4.90 Å². The number of aliphatic hydroxyl groups is 1. The summed E-state index contributed by atoms with van der Waals surface area (Å²) in [4.78, 5) is 2.32. The molecule has 2 fully saturated rings. The summed E-state index contributed by atoms with van der Waals surface area (Å²) in [6, 6.07) is 3.95. The SMILES string of the molecule is CN1CCC23c4c5ccc(O)c4O[C@H]2CCC[C@@]3(O)C1C5. The van der Waals surface area contributed by atoms with E-state index in [4.69, 9.17) is 4.74 Å². The molecule has 2 N–H and O–H groups in total. The van der Waals surface area contributed by atoms with Gasteiger partial charge < -0.3 is 19.8 Å². The second-order valence-corrected chi connectivity index (χ2v) is 7.29. The van der Waals surface area contributed by atoms with E-state index in [9.17, 15) is 10.2 Å². The zero-order valence-electron chi connectivity index (χ0n) is 12.3. The van der Waals surface area contributed by atoms with Crippen molar-refractivity contribution in [1.29, 1.82) is 0 Å². The first-order valence-corrected chi connectivity index (χ1v) is 8.02. The van der Waals surface area contributed by atoms with Crippen LogP contribution in [0.1, 0.15) is 36.8 Å². The van der Waals surface area contributed by atoms with Gasteiger partial charge in [0.15, 0.2) is 11.5 Å². The lowest BCUT2D eigenvalue weighted by molar-refractivity contribution is -0.180. The number of nitrogens with zero attached hydrogens (tertiary/aromatic N) is 1. The number of hydrogen-bond donors (Lipinski definition) is 2. The Hall–Kier alpha value is -1.26. The smallest absolute Gasteiger partial charge is 0.165 e. The first-order valence-electron chi connectivity index (χ1n) is 8.02. The number of benzene rings is 1. The first kappa shape index (κ1) is 12.3. The van der Waals surface area contributed by atoms with Gasteiger partial charge in [0.05, 0.1) is 11.0 Å². The lowest BCUT2D eigenvalue weighted by atomic mass is 9.49. The summed E-state index contributed by atoms with van der Waals surface area (Å²) in [6.45, 7) is 0.987. The van der Waals surface area contributed by atoms with Gasteiger partial charge in [-0.05, 0) is 57.3 Å².